The van der Waals surface area contributed by atoms with Gasteiger partial charge in [-0.2, -0.15) is 5.10 Å². The molecule has 1 aliphatic rings. The summed E-state index contributed by atoms with van der Waals surface area (Å²) in [6, 6.07) is 5.77. The summed E-state index contributed by atoms with van der Waals surface area (Å²) in [5.74, 6) is 0.610. The third-order valence-electron chi connectivity index (χ3n) is 4.21. The molecule has 1 fully saturated rings. The van der Waals surface area contributed by atoms with Crippen molar-refractivity contribution in [3.63, 3.8) is 0 Å². The molecule has 1 aromatic heterocycles. The lowest BCUT2D eigenvalue weighted by atomic mass is 9.96. The van der Waals surface area contributed by atoms with Crippen molar-refractivity contribution in [2.24, 2.45) is 12.0 Å². The molecule has 0 bridgehead atoms. The zero-order valence-electron chi connectivity index (χ0n) is 14.1. The van der Waals surface area contributed by atoms with Gasteiger partial charge in [-0.1, -0.05) is 42.7 Å². The highest BCUT2D eigenvalue weighted by molar-refractivity contribution is 7.09. The second kappa shape index (κ2) is 7.66. The van der Waals surface area contributed by atoms with Gasteiger partial charge < -0.3 is 9.84 Å². The van der Waals surface area contributed by atoms with Crippen molar-refractivity contribution in [3.05, 3.63) is 33.6 Å². The van der Waals surface area contributed by atoms with E-state index in [1.54, 1.807) is 23.5 Å². The van der Waals surface area contributed by atoms with Crippen LogP contribution in [0.4, 0.5) is 0 Å². The summed E-state index contributed by atoms with van der Waals surface area (Å²) in [6.45, 7) is 0. The summed E-state index contributed by atoms with van der Waals surface area (Å²) in [5, 5.41) is 15.2. The number of phenolic OH excluding ortho intramolecular Hbond substituents is 1. The summed E-state index contributed by atoms with van der Waals surface area (Å²) in [6.07, 6.45) is 10.2. The zero-order valence-corrected chi connectivity index (χ0v) is 14.9. The van der Waals surface area contributed by atoms with Crippen molar-refractivity contribution in [2.75, 3.05) is 7.11 Å². The van der Waals surface area contributed by atoms with Crippen LogP contribution in [0, 0.1) is 0 Å². The number of methoxy groups -OCH3 is 1. The molecule has 3 rings (SSSR count). The summed E-state index contributed by atoms with van der Waals surface area (Å²) >= 11 is 1.60. The van der Waals surface area contributed by atoms with E-state index in [4.69, 9.17) is 9.73 Å². The normalized spacial score (nSPS) is 16.8. The largest absolute Gasteiger partial charge is 0.504 e. The van der Waals surface area contributed by atoms with Crippen LogP contribution >= 0.6 is 11.3 Å². The van der Waals surface area contributed by atoms with E-state index >= 15 is 0 Å². The predicted molar refractivity (Wildman–Crippen MR) is 97.1 cm³/mol. The molecule has 0 spiro atoms. The Hall–Kier alpha value is -2.08. The van der Waals surface area contributed by atoms with Crippen LogP contribution in [0.15, 0.2) is 23.2 Å². The van der Waals surface area contributed by atoms with Gasteiger partial charge in [0.25, 0.3) is 0 Å². The molecule has 24 heavy (non-hydrogen) atoms. The Labute approximate surface area is 146 Å². The molecule has 0 amide bonds. The van der Waals surface area contributed by atoms with E-state index in [0.29, 0.717) is 11.8 Å². The number of phenols is 1. The Kier molecular flexibility index (Phi) is 5.35. The van der Waals surface area contributed by atoms with Gasteiger partial charge in [0.2, 0.25) is 4.80 Å². The van der Waals surface area contributed by atoms with Crippen molar-refractivity contribution in [2.45, 2.75) is 38.1 Å². The Bertz CT molecular complexity index is 786. The number of ether oxygens (including phenoxy) is 1. The van der Waals surface area contributed by atoms with Crippen molar-refractivity contribution >= 4 is 23.5 Å². The molecule has 1 heterocycles. The van der Waals surface area contributed by atoms with Crippen LogP contribution in [-0.4, -0.2) is 28.0 Å². The van der Waals surface area contributed by atoms with Crippen LogP contribution in [0.3, 0.4) is 0 Å². The molecule has 0 radical (unpaired) electrons. The zero-order chi connectivity index (χ0) is 16.9. The third kappa shape index (κ3) is 4.06. The number of rotatable bonds is 4. The fraction of sp³-hybridized carbons (Fsp3) is 0.444. The van der Waals surface area contributed by atoms with Crippen LogP contribution < -0.4 is 9.54 Å². The smallest absolute Gasteiger partial charge is 0.203 e. The van der Waals surface area contributed by atoms with Gasteiger partial charge in [-0.15, -0.1) is 0 Å². The first-order valence-electron chi connectivity index (χ1n) is 8.29. The minimum atomic E-state index is 0.136. The van der Waals surface area contributed by atoms with Crippen molar-refractivity contribution in [1.29, 1.82) is 0 Å². The fourth-order valence-electron chi connectivity index (χ4n) is 2.89. The van der Waals surface area contributed by atoms with Gasteiger partial charge in [0.15, 0.2) is 11.5 Å². The van der Waals surface area contributed by atoms with Gasteiger partial charge in [-0.3, -0.25) is 4.99 Å². The SMILES string of the molecule is COc1ccc(/C=C/c2nn(C)c(=NC3CCCCC3)s2)cc1O. The van der Waals surface area contributed by atoms with Gasteiger partial charge >= 0.3 is 0 Å². The number of aryl methyl sites for hydroxylation is 1. The van der Waals surface area contributed by atoms with E-state index in [1.165, 1.54) is 39.2 Å². The minimum Gasteiger partial charge on any atom is -0.504 e. The number of aromatic hydroxyl groups is 1. The van der Waals surface area contributed by atoms with Crippen LogP contribution in [0.25, 0.3) is 12.2 Å². The van der Waals surface area contributed by atoms with Crippen LogP contribution in [0.5, 0.6) is 11.5 Å². The molecular formula is C18H23N3O2S. The van der Waals surface area contributed by atoms with Crippen molar-refractivity contribution < 1.29 is 9.84 Å². The van der Waals surface area contributed by atoms with Gasteiger partial charge in [-0.05, 0) is 36.6 Å². The fourth-order valence-corrected chi connectivity index (χ4v) is 3.75. The number of aromatic nitrogens is 2. The maximum Gasteiger partial charge on any atom is 0.203 e. The molecule has 1 aromatic carbocycles. The lowest BCUT2D eigenvalue weighted by Crippen LogP contribution is -2.18. The molecule has 128 valence electrons. The molecule has 5 nitrogen and oxygen atoms in total. The van der Waals surface area contributed by atoms with Gasteiger partial charge in [0.1, 0.15) is 5.01 Å². The number of nitrogens with zero attached hydrogens (tertiary/aromatic N) is 3. The number of hydrogen-bond acceptors (Lipinski definition) is 5. The molecule has 1 saturated carbocycles. The molecule has 0 saturated heterocycles. The van der Waals surface area contributed by atoms with Crippen LogP contribution in [0.2, 0.25) is 0 Å². The predicted octanol–water partition coefficient (Wildman–Crippen LogP) is 3.60. The first-order valence-corrected chi connectivity index (χ1v) is 9.10. The maximum atomic E-state index is 9.83. The number of benzene rings is 1. The highest BCUT2D eigenvalue weighted by Gasteiger charge is 2.12. The highest BCUT2D eigenvalue weighted by Crippen LogP contribution is 2.27. The Morgan fingerprint density at radius 1 is 1.29 bits per heavy atom. The van der Waals surface area contributed by atoms with Crippen molar-refractivity contribution in [3.8, 4) is 11.5 Å². The molecule has 0 aliphatic heterocycles. The summed E-state index contributed by atoms with van der Waals surface area (Å²) in [7, 11) is 3.48. The highest BCUT2D eigenvalue weighted by atomic mass is 32.1. The second-order valence-electron chi connectivity index (χ2n) is 6.03. The molecule has 1 N–H and O–H groups in total. The number of hydrogen-bond donors (Lipinski definition) is 1. The van der Waals surface area contributed by atoms with Gasteiger partial charge in [0, 0.05) is 7.05 Å². The van der Waals surface area contributed by atoms with E-state index in [1.807, 2.05) is 29.9 Å². The average molecular weight is 345 g/mol. The first kappa shape index (κ1) is 16.8. The summed E-state index contributed by atoms with van der Waals surface area (Å²) in [5.41, 5.74) is 0.900. The lowest BCUT2D eigenvalue weighted by molar-refractivity contribution is 0.373. The minimum absolute atomic E-state index is 0.136. The van der Waals surface area contributed by atoms with E-state index in [9.17, 15) is 5.11 Å². The molecule has 6 heteroatoms. The van der Waals surface area contributed by atoms with Crippen LogP contribution in [0.1, 0.15) is 42.7 Å². The maximum absolute atomic E-state index is 9.83. The van der Waals surface area contributed by atoms with E-state index in [2.05, 4.69) is 5.10 Å². The second-order valence-corrected chi connectivity index (χ2v) is 7.02. The Morgan fingerprint density at radius 3 is 2.79 bits per heavy atom. The van der Waals surface area contributed by atoms with E-state index in [0.717, 1.165) is 15.4 Å². The molecular weight excluding hydrogens is 322 g/mol. The Balaban J connectivity index is 1.77. The topological polar surface area (TPSA) is 59.6 Å². The lowest BCUT2D eigenvalue weighted by Gasteiger charge is -2.16. The standard InChI is InChI=1S/C18H23N3O2S/c1-21-18(19-14-6-4-3-5-7-14)24-17(20-21)11-9-13-8-10-16(23-2)15(22)12-13/h8-12,14,22H,3-7H2,1-2H3/b11-9+,19-18?. The summed E-state index contributed by atoms with van der Waals surface area (Å²) < 4.78 is 6.91. The Morgan fingerprint density at radius 2 is 2.08 bits per heavy atom. The van der Waals surface area contributed by atoms with Gasteiger partial charge in [0.05, 0.1) is 13.2 Å². The van der Waals surface area contributed by atoms with E-state index < -0.39 is 0 Å². The van der Waals surface area contributed by atoms with Crippen LogP contribution in [-0.2, 0) is 7.05 Å². The molecule has 1 aliphatic carbocycles. The molecule has 2 aromatic rings. The van der Waals surface area contributed by atoms with Gasteiger partial charge in [-0.25, -0.2) is 4.68 Å². The molecule has 0 unspecified atom stereocenters. The third-order valence-corrected chi connectivity index (χ3v) is 5.19. The van der Waals surface area contributed by atoms with E-state index in [-0.39, 0.29) is 5.75 Å². The average Bonchev–Trinajstić information content (AvgIpc) is 2.94. The monoisotopic (exact) mass is 345 g/mol. The van der Waals surface area contributed by atoms with Crippen molar-refractivity contribution in [1.82, 2.24) is 9.78 Å². The summed E-state index contributed by atoms with van der Waals surface area (Å²) in [4.78, 5) is 5.83. The molecule has 0 atom stereocenters. The first-order chi connectivity index (χ1) is 11.7. The quantitative estimate of drug-likeness (QED) is 0.921.